The zero-order valence-electron chi connectivity index (χ0n) is 18.7. The quantitative estimate of drug-likeness (QED) is 0.500. The topological polar surface area (TPSA) is 52.7 Å². The lowest BCUT2D eigenvalue weighted by Gasteiger charge is -2.36. The monoisotopic (exact) mass is 445 g/mol. The molecule has 4 rings (SSSR count). The number of hydrogen-bond donors (Lipinski definition) is 1. The van der Waals surface area contributed by atoms with Crippen molar-refractivity contribution in [2.75, 3.05) is 23.3 Å². The minimum Gasteiger partial charge on any atom is -0.324 e. The van der Waals surface area contributed by atoms with Crippen LogP contribution in [0.1, 0.15) is 36.8 Å². The van der Waals surface area contributed by atoms with Gasteiger partial charge in [0.1, 0.15) is 5.82 Å². The molecule has 170 valence electrons. The molecular formula is C27H28FN3O2. The van der Waals surface area contributed by atoms with Crippen molar-refractivity contribution < 1.29 is 14.0 Å². The van der Waals surface area contributed by atoms with Crippen LogP contribution in [0.15, 0.2) is 78.9 Å². The first-order valence-electron chi connectivity index (χ1n) is 11.3. The molecule has 0 unspecified atom stereocenters. The van der Waals surface area contributed by atoms with Crippen LogP contribution in [0.2, 0.25) is 0 Å². The molecule has 1 N–H and O–H groups in total. The predicted octanol–water partition coefficient (Wildman–Crippen LogP) is 5.79. The number of para-hydroxylation sites is 2. The van der Waals surface area contributed by atoms with Crippen LogP contribution in [0, 0.1) is 5.82 Å². The fourth-order valence-electron chi connectivity index (χ4n) is 4.30. The molecule has 3 aromatic rings. The van der Waals surface area contributed by atoms with Gasteiger partial charge in [-0.05, 0) is 48.2 Å². The van der Waals surface area contributed by atoms with Gasteiger partial charge in [0.25, 0.3) is 0 Å². The van der Waals surface area contributed by atoms with E-state index in [4.69, 9.17) is 0 Å². The van der Waals surface area contributed by atoms with E-state index in [1.54, 1.807) is 15.9 Å². The molecule has 0 spiro atoms. The predicted molar refractivity (Wildman–Crippen MR) is 129 cm³/mol. The van der Waals surface area contributed by atoms with E-state index in [1.807, 2.05) is 67.6 Å². The Morgan fingerprint density at radius 1 is 1.00 bits per heavy atom. The molecule has 1 saturated heterocycles. The van der Waals surface area contributed by atoms with Gasteiger partial charge in [-0.2, -0.15) is 0 Å². The summed E-state index contributed by atoms with van der Waals surface area (Å²) in [6.45, 7) is 3.49. The number of nitrogens with one attached hydrogen (secondary N) is 1. The molecule has 1 fully saturated rings. The summed E-state index contributed by atoms with van der Waals surface area (Å²) in [6, 6.07) is 23.3. The molecule has 0 radical (unpaired) electrons. The molecule has 1 aliphatic rings. The largest absolute Gasteiger partial charge is 0.324 e. The van der Waals surface area contributed by atoms with Crippen molar-refractivity contribution in [1.29, 1.82) is 0 Å². The summed E-state index contributed by atoms with van der Waals surface area (Å²) in [4.78, 5) is 29.9. The van der Waals surface area contributed by atoms with Crippen LogP contribution in [0.25, 0.3) is 0 Å². The Hall–Kier alpha value is -3.67. The highest BCUT2D eigenvalue weighted by Crippen LogP contribution is 2.31. The van der Waals surface area contributed by atoms with Gasteiger partial charge in [0.05, 0.1) is 17.3 Å². The number of hydrogen-bond acceptors (Lipinski definition) is 2. The first-order valence-corrected chi connectivity index (χ1v) is 11.3. The van der Waals surface area contributed by atoms with Gasteiger partial charge in [-0.3, -0.25) is 9.69 Å². The number of benzene rings is 3. The zero-order chi connectivity index (χ0) is 23.2. The molecular weight excluding hydrogens is 417 g/mol. The van der Waals surface area contributed by atoms with Gasteiger partial charge in [0.15, 0.2) is 0 Å². The molecule has 0 bridgehead atoms. The molecule has 1 heterocycles. The molecule has 6 heteroatoms. The molecule has 0 aromatic heterocycles. The van der Waals surface area contributed by atoms with Crippen LogP contribution >= 0.6 is 0 Å². The Morgan fingerprint density at radius 2 is 1.76 bits per heavy atom. The van der Waals surface area contributed by atoms with Crippen molar-refractivity contribution >= 4 is 23.3 Å². The van der Waals surface area contributed by atoms with Gasteiger partial charge in [0, 0.05) is 19.6 Å². The summed E-state index contributed by atoms with van der Waals surface area (Å²) < 4.78 is 13.6. The second-order valence-electron chi connectivity index (χ2n) is 8.22. The maximum Gasteiger partial charge on any atom is 0.324 e. The highest BCUT2D eigenvalue weighted by atomic mass is 19.1. The fraction of sp³-hybridized carbons (Fsp3) is 0.259. The van der Waals surface area contributed by atoms with Crippen molar-refractivity contribution in [3.8, 4) is 0 Å². The van der Waals surface area contributed by atoms with E-state index < -0.39 is 0 Å². The van der Waals surface area contributed by atoms with Crippen LogP contribution < -0.4 is 10.2 Å². The number of carbonyl (C=O) groups is 2. The standard InChI is InChI=1S/C27H28FN3O2/c1-2-23(21-11-4-3-5-12-21)26(32)29-24-14-6-7-15-25(24)31-17-9-16-30(27(31)33)19-20-10-8-13-22(28)18-20/h3-8,10-15,18,23H,2,9,16-17,19H2,1H3,(H,29,32)/t23-/m1/s1. The minimum absolute atomic E-state index is 0.0998. The smallest absolute Gasteiger partial charge is 0.324 e. The van der Waals surface area contributed by atoms with Gasteiger partial charge >= 0.3 is 6.03 Å². The van der Waals surface area contributed by atoms with Gasteiger partial charge < -0.3 is 10.2 Å². The number of urea groups is 1. The number of nitrogens with zero attached hydrogens (tertiary/aromatic N) is 2. The van der Waals surface area contributed by atoms with Crippen LogP contribution in [-0.4, -0.2) is 29.9 Å². The van der Waals surface area contributed by atoms with Crippen molar-refractivity contribution in [2.24, 2.45) is 0 Å². The van der Waals surface area contributed by atoms with E-state index in [0.29, 0.717) is 37.4 Å². The highest BCUT2D eigenvalue weighted by molar-refractivity contribution is 6.02. The minimum atomic E-state index is -0.314. The van der Waals surface area contributed by atoms with E-state index in [0.717, 1.165) is 17.5 Å². The highest BCUT2D eigenvalue weighted by Gasteiger charge is 2.29. The number of amides is 3. The summed E-state index contributed by atoms with van der Waals surface area (Å²) in [5.74, 6) is -0.691. The van der Waals surface area contributed by atoms with Gasteiger partial charge in [-0.25, -0.2) is 9.18 Å². The SMILES string of the molecule is CC[C@@H](C(=O)Nc1ccccc1N1CCCN(Cc2cccc(F)c2)C1=O)c1ccccc1. The van der Waals surface area contributed by atoms with E-state index in [2.05, 4.69) is 5.32 Å². The molecule has 3 aromatic carbocycles. The fourth-order valence-corrected chi connectivity index (χ4v) is 4.30. The van der Waals surface area contributed by atoms with Gasteiger partial charge in [0.2, 0.25) is 5.91 Å². The van der Waals surface area contributed by atoms with Crippen LogP contribution in [0.5, 0.6) is 0 Å². The summed E-state index contributed by atoms with van der Waals surface area (Å²) in [5.41, 5.74) is 2.99. The normalized spacial score (nSPS) is 14.8. The zero-order valence-corrected chi connectivity index (χ0v) is 18.7. The Labute approximate surface area is 193 Å². The average molecular weight is 446 g/mol. The van der Waals surface area contributed by atoms with Crippen LogP contribution in [-0.2, 0) is 11.3 Å². The van der Waals surface area contributed by atoms with Crippen LogP contribution in [0.3, 0.4) is 0 Å². The second kappa shape index (κ2) is 10.3. The summed E-state index contributed by atoms with van der Waals surface area (Å²) in [7, 11) is 0. The molecule has 0 saturated carbocycles. The van der Waals surface area contributed by atoms with Crippen molar-refractivity contribution in [1.82, 2.24) is 4.90 Å². The number of halogens is 1. The lowest BCUT2D eigenvalue weighted by Crippen LogP contribution is -2.49. The summed E-state index contributed by atoms with van der Waals surface area (Å²) >= 11 is 0. The first kappa shape index (κ1) is 22.5. The van der Waals surface area contributed by atoms with Crippen molar-refractivity contribution in [3.05, 3.63) is 95.8 Å². The molecule has 33 heavy (non-hydrogen) atoms. The molecule has 0 aliphatic carbocycles. The number of carbonyl (C=O) groups excluding carboxylic acids is 2. The lowest BCUT2D eigenvalue weighted by molar-refractivity contribution is -0.117. The summed E-state index contributed by atoms with van der Waals surface area (Å²) in [5, 5.41) is 3.05. The second-order valence-corrected chi connectivity index (χ2v) is 8.22. The van der Waals surface area contributed by atoms with E-state index in [9.17, 15) is 14.0 Å². The first-order chi connectivity index (χ1) is 16.1. The summed E-state index contributed by atoms with van der Waals surface area (Å²) in [6.07, 6.45) is 1.45. The Kier molecular flexibility index (Phi) is 7.03. The van der Waals surface area contributed by atoms with E-state index in [-0.39, 0.29) is 23.7 Å². The lowest BCUT2D eigenvalue weighted by atomic mass is 9.95. The van der Waals surface area contributed by atoms with Crippen LogP contribution in [0.4, 0.5) is 20.6 Å². The van der Waals surface area contributed by atoms with Crippen molar-refractivity contribution in [3.63, 3.8) is 0 Å². The Bertz CT molecular complexity index is 1120. The van der Waals surface area contributed by atoms with E-state index in [1.165, 1.54) is 12.1 Å². The van der Waals surface area contributed by atoms with Crippen molar-refractivity contribution in [2.45, 2.75) is 32.2 Å². The molecule has 1 atom stereocenters. The molecule has 3 amide bonds. The third-order valence-electron chi connectivity index (χ3n) is 5.95. The Balaban J connectivity index is 1.53. The van der Waals surface area contributed by atoms with Gasteiger partial charge in [-0.15, -0.1) is 0 Å². The average Bonchev–Trinajstić information content (AvgIpc) is 2.82. The molecule has 1 aliphatic heterocycles. The Morgan fingerprint density at radius 3 is 2.52 bits per heavy atom. The number of rotatable bonds is 7. The van der Waals surface area contributed by atoms with Gasteiger partial charge in [-0.1, -0.05) is 61.5 Å². The maximum atomic E-state index is 13.6. The van der Waals surface area contributed by atoms with E-state index >= 15 is 0 Å². The maximum absolute atomic E-state index is 13.6. The third kappa shape index (κ3) is 5.22. The number of anilines is 2. The third-order valence-corrected chi connectivity index (χ3v) is 5.95. The molecule has 5 nitrogen and oxygen atoms in total.